The van der Waals surface area contributed by atoms with Gasteiger partial charge in [-0.1, -0.05) is 30.3 Å². The molecule has 1 aliphatic heterocycles. The van der Waals surface area contributed by atoms with Crippen LogP contribution in [0.2, 0.25) is 0 Å². The molecule has 1 aromatic heterocycles. The summed E-state index contributed by atoms with van der Waals surface area (Å²) in [5, 5.41) is 6.04. The van der Waals surface area contributed by atoms with Gasteiger partial charge in [0.25, 0.3) is 0 Å². The van der Waals surface area contributed by atoms with Crippen LogP contribution >= 0.6 is 24.2 Å². The predicted molar refractivity (Wildman–Crippen MR) is 87.9 cm³/mol. The average molecular weight is 325 g/mol. The molecule has 1 aliphatic rings. The smallest absolute Gasteiger partial charge is 0.244 e. The lowest BCUT2D eigenvalue weighted by atomic mass is 10.2. The SMILES string of the molecule is Cl.O=C(Nc1nccn1Cc1ccccc1)C1CSCN1. The van der Waals surface area contributed by atoms with Crippen molar-refractivity contribution in [3.05, 3.63) is 48.3 Å². The van der Waals surface area contributed by atoms with E-state index in [0.29, 0.717) is 12.5 Å². The molecule has 2 aromatic rings. The van der Waals surface area contributed by atoms with Crippen molar-refractivity contribution in [2.45, 2.75) is 12.6 Å². The van der Waals surface area contributed by atoms with E-state index in [-0.39, 0.29) is 24.4 Å². The molecular formula is C14H17ClN4OS. The van der Waals surface area contributed by atoms with Crippen LogP contribution in [0.3, 0.4) is 0 Å². The summed E-state index contributed by atoms with van der Waals surface area (Å²) in [6, 6.07) is 9.99. The van der Waals surface area contributed by atoms with Crippen molar-refractivity contribution in [2.75, 3.05) is 16.9 Å². The number of nitrogens with zero attached hydrogens (tertiary/aromatic N) is 2. The molecule has 1 amide bonds. The van der Waals surface area contributed by atoms with Crippen molar-refractivity contribution in [1.29, 1.82) is 0 Å². The van der Waals surface area contributed by atoms with Crippen LogP contribution in [0.5, 0.6) is 0 Å². The second kappa shape index (κ2) is 7.49. The van der Waals surface area contributed by atoms with Crippen molar-refractivity contribution in [3.8, 4) is 0 Å². The number of hydrogen-bond acceptors (Lipinski definition) is 4. The molecule has 3 rings (SSSR count). The molecule has 0 aliphatic carbocycles. The first kappa shape index (κ1) is 15.9. The summed E-state index contributed by atoms with van der Waals surface area (Å²) in [5.41, 5.74) is 1.18. The summed E-state index contributed by atoms with van der Waals surface area (Å²) in [6.07, 6.45) is 3.58. The quantitative estimate of drug-likeness (QED) is 0.902. The summed E-state index contributed by atoms with van der Waals surface area (Å²) < 4.78 is 1.94. The van der Waals surface area contributed by atoms with Gasteiger partial charge in [0.2, 0.25) is 11.9 Å². The number of carbonyl (C=O) groups excluding carboxylic acids is 1. The number of aromatic nitrogens is 2. The van der Waals surface area contributed by atoms with Crippen molar-refractivity contribution < 1.29 is 4.79 Å². The fraction of sp³-hybridized carbons (Fsp3) is 0.286. The van der Waals surface area contributed by atoms with Gasteiger partial charge in [-0.25, -0.2) is 4.98 Å². The molecule has 112 valence electrons. The number of rotatable bonds is 4. The highest BCUT2D eigenvalue weighted by Gasteiger charge is 2.23. The third-order valence-electron chi connectivity index (χ3n) is 3.18. The zero-order valence-electron chi connectivity index (χ0n) is 11.4. The summed E-state index contributed by atoms with van der Waals surface area (Å²) in [6.45, 7) is 0.698. The molecule has 5 nitrogen and oxygen atoms in total. The zero-order chi connectivity index (χ0) is 13.8. The molecule has 2 heterocycles. The Balaban J connectivity index is 0.00000161. The second-order valence-corrected chi connectivity index (χ2v) is 5.66. The number of imidazole rings is 1. The van der Waals surface area contributed by atoms with Gasteiger partial charge in [-0.2, -0.15) is 0 Å². The molecule has 1 aromatic carbocycles. The van der Waals surface area contributed by atoms with Crippen LogP contribution in [-0.4, -0.2) is 33.1 Å². The number of nitrogens with one attached hydrogen (secondary N) is 2. The van der Waals surface area contributed by atoms with Crippen molar-refractivity contribution >= 4 is 36.0 Å². The Morgan fingerprint density at radius 3 is 2.95 bits per heavy atom. The van der Waals surface area contributed by atoms with Crippen molar-refractivity contribution in [2.24, 2.45) is 0 Å². The molecule has 2 N–H and O–H groups in total. The van der Waals surface area contributed by atoms with Gasteiger partial charge in [0.15, 0.2) is 0 Å². The molecule has 0 spiro atoms. The highest BCUT2D eigenvalue weighted by Crippen LogP contribution is 2.13. The van der Waals surface area contributed by atoms with Crippen LogP contribution in [0.1, 0.15) is 5.56 Å². The first-order valence-electron chi connectivity index (χ1n) is 6.50. The average Bonchev–Trinajstić information content (AvgIpc) is 3.12. The van der Waals surface area contributed by atoms with E-state index >= 15 is 0 Å². The third kappa shape index (κ3) is 4.00. The number of benzene rings is 1. The van der Waals surface area contributed by atoms with Crippen LogP contribution in [0.15, 0.2) is 42.7 Å². The lowest BCUT2D eigenvalue weighted by molar-refractivity contribution is -0.117. The van der Waals surface area contributed by atoms with Gasteiger partial charge < -0.3 is 4.57 Å². The van der Waals surface area contributed by atoms with Gasteiger partial charge in [-0.15, -0.1) is 24.2 Å². The number of carbonyl (C=O) groups is 1. The Hall–Kier alpha value is -1.50. The Labute approximate surface area is 133 Å². The number of amides is 1. The number of anilines is 1. The first-order chi connectivity index (χ1) is 9.83. The van der Waals surface area contributed by atoms with E-state index < -0.39 is 0 Å². The van der Waals surface area contributed by atoms with E-state index in [9.17, 15) is 4.79 Å². The van der Waals surface area contributed by atoms with Crippen molar-refractivity contribution in [1.82, 2.24) is 14.9 Å². The standard InChI is InChI=1S/C14H16N4OS.ClH/c19-13(12-9-20-10-16-12)17-14-15-6-7-18(14)8-11-4-2-1-3-5-11;/h1-7,12,16H,8-10H2,(H,15,17,19);1H. The van der Waals surface area contributed by atoms with E-state index in [4.69, 9.17) is 0 Å². The third-order valence-corrected chi connectivity index (χ3v) is 4.12. The van der Waals surface area contributed by atoms with Gasteiger partial charge in [0.05, 0.1) is 12.6 Å². The monoisotopic (exact) mass is 324 g/mol. The maximum absolute atomic E-state index is 12.1. The lowest BCUT2D eigenvalue weighted by Gasteiger charge is -2.12. The molecule has 1 atom stereocenters. The van der Waals surface area contributed by atoms with Crippen molar-refractivity contribution in [3.63, 3.8) is 0 Å². The maximum atomic E-state index is 12.1. The highest BCUT2D eigenvalue weighted by molar-refractivity contribution is 7.99. The molecule has 7 heteroatoms. The lowest BCUT2D eigenvalue weighted by Crippen LogP contribution is -2.38. The molecule has 1 fully saturated rings. The molecular weight excluding hydrogens is 308 g/mol. The summed E-state index contributed by atoms with van der Waals surface area (Å²) >= 11 is 1.73. The minimum absolute atomic E-state index is 0. The van der Waals surface area contributed by atoms with Gasteiger partial charge in [0.1, 0.15) is 0 Å². The van der Waals surface area contributed by atoms with Crippen LogP contribution < -0.4 is 10.6 Å². The fourth-order valence-electron chi connectivity index (χ4n) is 2.10. The van der Waals surface area contributed by atoms with E-state index in [2.05, 4.69) is 27.8 Å². The van der Waals surface area contributed by atoms with Crippen LogP contribution in [-0.2, 0) is 11.3 Å². The van der Waals surface area contributed by atoms with E-state index in [1.165, 1.54) is 5.56 Å². The van der Waals surface area contributed by atoms with Gasteiger partial charge >= 0.3 is 0 Å². The van der Waals surface area contributed by atoms with E-state index in [0.717, 1.165) is 11.6 Å². The number of halogens is 1. The van der Waals surface area contributed by atoms with E-state index in [1.54, 1.807) is 18.0 Å². The van der Waals surface area contributed by atoms with Crippen LogP contribution in [0.25, 0.3) is 0 Å². The first-order valence-corrected chi connectivity index (χ1v) is 7.65. The van der Waals surface area contributed by atoms with E-state index in [1.807, 2.05) is 29.0 Å². The van der Waals surface area contributed by atoms with Gasteiger partial charge in [0, 0.05) is 24.0 Å². The Morgan fingerprint density at radius 1 is 1.43 bits per heavy atom. The Morgan fingerprint density at radius 2 is 2.24 bits per heavy atom. The summed E-state index contributed by atoms with van der Waals surface area (Å²) in [4.78, 5) is 16.3. The zero-order valence-corrected chi connectivity index (χ0v) is 13.0. The summed E-state index contributed by atoms with van der Waals surface area (Å²) in [7, 11) is 0. The normalized spacial score (nSPS) is 17.2. The fourth-order valence-corrected chi connectivity index (χ4v) is 3.04. The molecule has 0 radical (unpaired) electrons. The Kier molecular flexibility index (Phi) is 5.67. The van der Waals surface area contributed by atoms with Gasteiger partial charge in [-0.05, 0) is 5.56 Å². The summed E-state index contributed by atoms with van der Waals surface area (Å²) in [5.74, 6) is 2.22. The molecule has 1 saturated heterocycles. The van der Waals surface area contributed by atoms with Crippen LogP contribution in [0, 0.1) is 0 Å². The predicted octanol–water partition coefficient (Wildman–Crippen LogP) is 1.95. The van der Waals surface area contributed by atoms with Gasteiger partial charge in [-0.3, -0.25) is 15.4 Å². The second-order valence-electron chi connectivity index (χ2n) is 4.63. The van der Waals surface area contributed by atoms with Crippen LogP contribution in [0.4, 0.5) is 5.95 Å². The Bertz CT molecular complexity index is 584. The number of hydrogen-bond donors (Lipinski definition) is 2. The minimum atomic E-state index is -0.123. The topological polar surface area (TPSA) is 59.0 Å². The highest BCUT2D eigenvalue weighted by atomic mass is 35.5. The minimum Gasteiger partial charge on any atom is -0.313 e. The molecule has 0 saturated carbocycles. The molecule has 0 bridgehead atoms. The molecule has 21 heavy (non-hydrogen) atoms. The molecule has 1 unspecified atom stereocenters. The number of thioether (sulfide) groups is 1. The maximum Gasteiger partial charge on any atom is 0.244 e. The largest absolute Gasteiger partial charge is 0.313 e.